The van der Waals surface area contributed by atoms with Gasteiger partial charge < -0.3 is 5.73 Å². The minimum absolute atomic E-state index is 0.238. The van der Waals surface area contributed by atoms with Gasteiger partial charge in [-0.1, -0.05) is 12.8 Å². The molecule has 1 aromatic rings. The molecule has 0 radical (unpaired) electrons. The van der Waals surface area contributed by atoms with Crippen LogP contribution in [0.3, 0.4) is 0 Å². The Morgan fingerprint density at radius 1 is 1.41 bits per heavy atom. The molecule has 17 heavy (non-hydrogen) atoms. The minimum Gasteiger partial charge on any atom is -0.399 e. The summed E-state index contributed by atoms with van der Waals surface area (Å²) in [5, 5.41) is 0. The number of anilines is 1. The summed E-state index contributed by atoms with van der Waals surface area (Å²) in [5.74, 6) is 0.715. The highest BCUT2D eigenvalue weighted by Crippen LogP contribution is 2.32. The molecule has 0 atom stereocenters. The van der Waals surface area contributed by atoms with E-state index in [2.05, 4.69) is 20.7 Å². The van der Waals surface area contributed by atoms with Gasteiger partial charge >= 0.3 is 0 Å². The third-order valence-electron chi connectivity index (χ3n) is 2.79. The third kappa shape index (κ3) is 3.43. The average Bonchev–Trinajstić information content (AvgIpc) is 3.00. The van der Waals surface area contributed by atoms with Crippen molar-refractivity contribution in [3.63, 3.8) is 0 Å². The van der Waals surface area contributed by atoms with Crippen LogP contribution in [0.25, 0.3) is 0 Å². The van der Waals surface area contributed by atoms with Crippen LogP contribution in [-0.2, 0) is 10.0 Å². The summed E-state index contributed by atoms with van der Waals surface area (Å²) in [7, 11) is -3.43. The number of hydrogen-bond donors (Lipinski definition) is 2. The summed E-state index contributed by atoms with van der Waals surface area (Å²) in [4.78, 5) is 0.238. The zero-order chi connectivity index (χ0) is 12.5. The van der Waals surface area contributed by atoms with Crippen LogP contribution < -0.4 is 10.5 Å². The van der Waals surface area contributed by atoms with Gasteiger partial charge in [-0.25, -0.2) is 13.1 Å². The van der Waals surface area contributed by atoms with Crippen LogP contribution in [0.2, 0.25) is 0 Å². The van der Waals surface area contributed by atoms with Crippen LogP contribution in [0, 0.1) is 5.92 Å². The number of rotatable bonds is 5. The van der Waals surface area contributed by atoms with Crippen molar-refractivity contribution in [1.82, 2.24) is 4.72 Å². The lowest BCUT2D eigenvalue weighted by Crippen LogP contribution is -2.25. The highest BCUT2D eigenvalue weighted by molar-refractivity contribution is 9.10. The van der Waals surface area contributed by atoms with E-state index in [4.69, 9.17) is 5.73 Å². The monoisotopic (exact) mass is 318 g/mol. The zero-order valence-electron chi connectivity index (χ0n) is 9.32. The van der Waals surface area contributed by atoms with Gasteiger partial charge in [0, 0.05) is 16.7 Å². The molecule has 1 saturated carbocycles. The molecular formula is C11H15BrN2O2S. The number of halogens is 1. The largest absolute Gasteiger partial charge is 0.399 e. The van der Waals surface area contributed by atoms with Gasteiger partial charge in [-0.05, 0) is 46.5 Å². The lowest BCUT2D eigenvalue weighted by molar-refractivity contribution is 0.575. The van der Waals surface area contributed by atoms with Crippen LogP contribution in [0.15, 0.2) is 27.6 Å². The molecule has 1 aliphatic rings. The maximum absolute atomic E-state index is 12.0. The molecule has 94 valence electrons. The molecule has 1 aliphatic carbocycles. The molecule has 1 aromatic carbocycles. The van der Waals surface area contributed by atoms with E-state index < -0.39 is 10.0 Å². The molecule has 4 nitrogen and oxygen atoms in total. The standard InChI is InChI=1S/C11H15BrN2O2S/c12-10-7-9(13)3-4-11(10)17(15,16)14-6-5-8-1-2-8/h3-4,7-8,14H,1-2,5-6,13H2. The summed E-state index contributed by atoms with van der Waals surface area (Å²) in [6, 6.07) is 4.69. The highest BCUT2D eigenvalue weighted by atomic mass is 79.9. The fourth-order valence-electron chi connectivity index (χ4n) is 1.62. The molecule has 0 spiro atoms. The summed E-state index contributed by atoms with van der Waals surface area (Å²) in [5.41, 5.74) is 6.11. The molecule has 0 aromatic heterocycles. The van der Waals surface area contributed by atoms with Gasteiger partial charge in [0.15, 0.2) is 0 Å². The topological polar surface area (TPSA) is 72.2 Å². The first-order chi connectivity index (χ1) is 7.99. The fourth-order valence-corrected chi connectivity index (χ4v) is 3.76. The molecule has 6 heteroatoms. The molecule has 1 fully saturated rings. The van der Waals surface area contributed by atoms with E-state index >= 15 is 0 Å². The van der Waals surface area contributed by atoms with Crippen LogP contribution >= 0.6 is 15.9 Å². The Labute approximate surface area is 110 Å². The van der Waals surface area contributed by atoms with E-state index in [0.29, 0.717) is 22.6 Å². The Morgan fingerprint density at radius 2 is 2.12 bits per heavy atom. The van der Waals surface area contributed by atoms with Crippen LogP contribution in [0.5, 0.6) is 0 Å². The number of nitrogens with two attached hydrogens (primary N) is 1. The lowest BCUT2D eigenvalue weighted by atomic mass is 10.3. The van der Waals surface area contributed by atoms with E-state index in [9.17, 15) is 8.42 Å². The summed E-state index contributed by atoms with van der Waals surface area (Å²) >= 11 is 3.22. The Morgan fingerprint density at radius 3 is 2.71 bits per heavy atom. The van der Waals surface area contributed by atoms with Crippen LogP contribution in [0.1, 0.15) is 19.3 Å². The normalized spacial score (nSPS) is 16.1. The second-order valence-electron chi connectivity index (χ2n) is 4.32. The first kappa shape index (κ1) is 12.9. The quantitative estimate of drug-likeness (QED) is 0.817. The molecule has 0 aliphatic heterocycles. The molecule has 0 unspecified atom stereocenters. The SMILES string of the molecule is Nc1ccc(S(=O)(=O)NCCC2CC2)c(Br)c1. The van der Waals surface area contributed by atoms with E-state index in [0.717, 1.165) is 6.42 Å². The highest BCUT2D eigenvalue weighted by Gasteiger charge is 2.22. The first-order valence-electron chi connectivity index (χ1n) is 5.54. The molecule has 0 amide bonds. The minimum atomic E-state index is -3.43. The first-order valence-corrected chi connectivity index (χ1v) is 7.81. The number of nitrogen functional groups attached to an aromatic ring is 1. The van der Waals surface area contributed by atoms with Crippen molar-refractivity contribution >= 4 is 31.6 Å². The Hall–Kier alpha value is -0.590. The van der Waals surface area contributed by atoms with Gasteiger partial charge in [-0.3, -0.25) is 0 Å². The van der Waals surface area contributed by atoms with Crippen LogP contribution in [-0.4, -0.2) is 15.0 Å². The van der Waals surface area contributed by atoms with Crippen molar-refractivity contribution in [2.45, 2.75) is 24.2 Å². The molecule has 0 saturated heterocycles. The van der Waals surface area contributed by atoms with Gasteiger partial charge in [0.2, 0.25) is 10.0 Å². The zero-order valence-corrected chi connectivity index (χ0v) is 11.7. The molecule has 0 bridgehead atoms. The Bertz CT molecular complexity index is 512. The van der Waals surface area contributed by atoms with E-state index in [1.807, 2.05) is 0 Å². The lowest BCUT2D eigenvalue weighted by Gasteiger charge is -2.08. The third-order valence-corrected chi connectivity index (χ3v) is 5.22. The van der Waals surface area contributed by atoms with Crippen molar-refractivity contribution in [3.8, 4) is 0 Å². The van der Waals surface area contributed by atoms with Gasteiger partial charge in [0.05, 0.1) is 4.90 Å². The predicted molar refractivity (Wildman–Crippen MR) is 71.1 cm³/mol. The molecule has 2 rings (SSSR count). The Balaban J connectivity index is 2.07. The van der Waals surface area contributed by atoms with Gasteiger partial charge in [0.1, 0.15) is 0 Å². The van der Waals surface area contributed by atoms with E-state index in [-0.39, 0.29) is 4.90 Å². The Kier molecular flexibility index (Phi) is 3.75. The van der Waals surface area contributed by atoms with Crippen molar-refractivity contribution in [2.24, 2.45) is 5.92 Å². The maximum atomic E-state index is 12.0. The number of benzene rings is 1. The summed E-state index contributed by atoms with van der Waals surface area (Å²) in [6.45, 7) is 0.504. The molecule has 3 N–H and O–H groups in total. The fraction of sp³-hybridized carbons (Fsp3) is 0.455. The molecule has 0 heterocycles. The summed E-state index contributed by atoms with van der Waals surface area (Å²) < 4.78 is 27.1. The average molecular weight is 319 g/mol. The second kappa shape index (κ2) is 4.96. The number of nitrogens with one attached hydrogen (secondary N) is 1. The predicted octanol–water partition coefficient (Wildman–Crippen LogP) is 2.11. The maximum Gasteiger partial charge on any atom is 0.241 e. The molecular weight excluding hydrogens is 304 g/mol. The summed E-state index contributed by atoms with van der Waals surface area (Å²) in [6.07, 6.45) is 3.38. The van der Waals surface area contributed by atoms with E-state index in [1.54, 1.807) is 12.1 Å². The van der Waals surface area contributed by atoms with E-state index in [1.165, 1.54) is 18.9 Å². The number of sulfonamides is 1. The smallest absolute Gasteiger partial charge is 0.241 e. The van der Waals surface area contributed by atoms with Crippen LogP contribution in [0.4, 0.5) is 5.69 Å². The van der Waals surface area contributed by atoms with Crippen molar-refractivity contribution < 1.29 is 8.42 Å². The number of hydrogen-bond acceptors (Lipinski definition) is 3. The van der Waals surface area contributed by atoms with Crippen molar-refractivity contribution in [1.29, 1.82) is 0 Å². The van der Waals surface area contributed by atoms with Gasteiger partial charge in [0.25, 0.3) is 0 Å². The van der Waals surface area contributed by atoms with Gasteiger partial charge in [-0.15, -0.1) is 0 Å². The van der Waals surface area contributed by atoms with Crippen molar-refractivity contribution in [2.75, 3.05) is 12.3 Å². The van der Waals surface area contributed by atoms with Crippen molar-refractivity contribution in [3.05, 3.63) is 22.7 Å². The second-order valence-corrected chi connectivity index (χ2v) is 6.91. The van der Waals surface area contributed by atoms with Gasteiger partial charge in [-0.2, -0.15) is 0 Å².